The largest absolute Gasteiger partial charge is 0.487 e. The van der Waals surface area contributed by atoms with E-state index < -0.39 is 0 Å². The second-order valence-electron chi connectivity index (χ2n) is 7.16. The molecule has 7 heteroatoms. The number of hydrogen-bond acceptors (Lipinski definition) is 6. The zero-order valence-corrected chi connectivity index (χ0v) is 17.4. The zero-order valence-electron chi connectivity index (χ0n) is 17.4. The Balaban J connectivity index is 1.35. The molecule has 3 aromatic rings. The van der Waals surface area contributed by atoms with E-state index in [1.807, 2.05) is 47.3 Å². The third-order valence-corrected chi connectivity index (χ3v) is 5.12. The molecule has 0 radical (unpaired) electrons. The van der Waals surface area contributed by atoms with Gasteiger partial charge >= 0.3 is 0 Å². The molecule has 1 fully saturated rings. The number of aromatic nitrogens is 3. The Labute approximate surface area is 177 Å². The molecule has 1 aliphatic rings. The van der Waals surface area contributed by atoms with Crippen molar-refractivity contribution < 1.29 is 14.2 Å². The quantitative estimate of drug-likeness (QED) is 0.542. The minimum absolute atomic E-state index is 0.454. The van der Waals surface area contributed by atoms with E-state index in [9.17, 15) is 0 Å². The summed E-state index contributed by atoms with van der Waals surface area (Å²) in [5, 5.41) is 4.56. The highest BCUT2D eigenvalue weighted by molar-refractivity contribution is 5.44. The predicted molar refractivity (Wildman–Crippen MR) is 114 cm³/mol. The molecule has 0 saturated carbocycles. The van der Waals surface area contributed by atoms with Gasteiger partial charge < -0.3 is 14.2 Å². The van der Waals surface area contributed by atoms with Crippen LogP contribution in [0, 0.1) is 0 Å². The molecule has 2 aromatic heterocycles. The minimum Gasteiger partial charge on any atom is -0.487 e. The maximum absolute atomic E-state index is 5.99. The lowest BCUT2D eigenvalue weighted by Crippen LogP contribution is -2.38. The van der Waals surface area contributed by atoms with E-state index in [4.69, 9.17) is 14.2 Å². The lowest BCUT2D eigenvalue weighted by Gasteiger charge is -2.26. The van der Waals surface area contributed by atoms with Crippen molar-refractivity contribution in [1.82, 2.24) is 19.7 Å². The molecule has 0 unspecified atom stereocenters. The van der Waals surface area contributed by atoms with Crippen LogP contribution < -0.4 is 9.47 Å². The van der Waals surface area contributed by atoms with Gasteiger partial charge in [0.1, 0.15) is 19.0 Å². The van der Waals surface area contributed by atoms with Gasteiger partial charge in [-0.2, -0.15) is 0 Å². The molecule has 0 atom stereocenters. The third-order valence-electron chi connectivity index (χ3n) is 5.12. The minimum atomic E-state index is 0.454. The van der Waals surface area contributed by atoms with Crippen molar-refractivity contribution in [3.63, 3.8) is 0 Å². The number of pyridine rings is 1. The Morgan fingerprint density at radius 3 is 2.77 bits per heavy atom. The number of benzene rings is 1. The summed E-state index contributed by atoms with van der Waals surface area (Å²) < 4.78 is 19.0. The van der Waals surface area contributed by atoms with Crippen LogP contribution in [0.5, 0.6) is 11.6 Å². The van der Waals surface area contributed by atoms with Crippen molar-refractivity contribution in [3.05, 3.63) is 66.1 Å². The highest BCUT2D eigenvalue weighted by Crippen LogP contribution is 2.24. The van der Waals surface area contributed by atoms with E-state index in [0.717, 1.165) is 62.0 Å². The van der Waals surface area contributed by atoms with Gasteiger partial charge in [-0.15, -0.1) is 5.10 Å². The van der Waals surface area contributed by atoms with Gasteiger partial charge in [0, 0.05) is 38.1 Å². The number of ether oxygens (including phenoxy) is 3. The summed E-state index contributed by atoms with van der Waals surface area (Å²) >= 11 is 0. The van der Waals surface area contributed by atoms with Crippen LogP contribution in [0.3, 0.4) is 0 Å². The molecule has 0 aliphatic carbocycles. The summed E-state index contributed by atoms with van der Waals surface area (Å²) in [7, 11) is 0. The number of nitrogens with zero attached hydrogens (tertiary/aromatic N) is 4. The molecule has 0 bridgehead atoms. The molecule has 1 saturated heterocycles. The Morgan fingerprint density at radius 1 is 1.07 bits per heavy atom. The van der Waals surface area contributed by atoms with Crippen molar-refractivity contribution in [2.75, 3.05) is 39.5 Å². The van der Waals surface area contributed by atoms with Crippen LogP contribution in [-0.4, -0.2) is 59.1 Å². The average molecular weight is 409 g/mol. The molecule has 0 N–H and O–H groups in total. The van der Waals surface area contributed by atoms with Gasteiger partial charge in [0.25, 0.3) is 0 Å². The van der Waals surface area contributed by atoms with E-state index in [1.54, 1.807) is 6.20 Å². The SMILES string of the molecule is CCc1cc(-n2ccc(OCCN3CCOCC3)n2)ccc1OCc1ccccn1. The molecule has 0 amide bonds. The number of aryl methyl sites for hydroxylation is 1. The Hall–Kier alpha value is -2.90. The first-order chi connectivity index (χ1) is 14.8. The van der Waals surface area contributed by atoms with Crippen molar-refractivity contribution >= 4 is 0 Å². The van der Waals surface area contributed by atoms with Gasteiger partial charge in [-0.05, 0) is 42.3 Å². The van der Waals surface area contributed by atoms with Crippen LogP contribution in [0.1, 0.15) is 18.2 Å². The Morgan fingerprint density at radius 2 is 1.97 bits per heavy atom. The fourth-order valence-corrected chi connectivity index (χ4v) is 3.39. The Kier molecular flexibility index (Phi) is 6.95. The van der Waals surface area contributed by atoms with Crippen LogP contribution in [0.4, 0.5) is 0 Å². The summed E-state index contributed by atoms with van der Waals surface area (Å²) in [6.45, 7) is 7.62. The second-order valence-corrected chi connectivity index (χ2v) is 7.16. The fraction of sp³-hybridized carbons (Fsp3) is 0.391. The van der Waals surface area contributed by atoms with E-state index in [-0.39, 0.29) is 0 Å². The van der Waals surface area contributed by atoms with Crippen LogP contribution in [0.25, 0.3) is 5.69 Å². The van der Waals surface area contributed by atoms with Gasteiger partial charge in [-0.3, -0.25) is 9.88 Å². The lowest BCUT2D eigenvalue weighted by atomic mass is 10.1. The summed E-state index contributed by atoms with van der Waals surface area (Å²) in [6, 6.07) is 13.8. The van der Waals surface area contributed by atoms with Crippen molar-refractivity contribution in [2.24, 2.45) is 0 Å². The van der Waals surface area contributed by atoms with Gasteiger partial charge in [-0.25, -0.2) is 4.68 Å². The normalized spacial score (nSPS) is 14.6. The number of morpholine rings is 1. The maximum Gasteiger partial charge on any atom is 0.233 e. The monoisotopic (exact) mass is 408 g/mol. The molecule has 1 aliphatic heterocycles. The molecule has 158 valence electrons. The summed E-state index contributed by atoms with van der Waals surface area (Å²) in [4.78, 5) is 6.65. The molecule has 7 nitrogen and oxygen atoms in total. The van der Waals surface area contributed by atoms with Crippen LogP contribution in [0.15, 0.2) is 54.9 Å². The second kappa shape index (κ2) is 10.2. The van der Waals surface area contributed by atoms with Gasteiger partial charge in [0.05, 0.1) is 24.6 Å². The molecule has 1 aromatic carbocycles. The first kappa shape index (κ1) is 20.4. The van der Waals surface area contributed by atoms with Crippen molar-refractivity contribution in [3.8, 4) is 17.3 Å². The van der Waals surface area contributed by atoms with Gasteiger partial charge in [0.15, 0.2) is 0 Å². The highest BCUT2D eigenvalue weighted by Gasteiger charge is 2.11. The summed E-state index contributed by atoms with van der Waals surface area (Å²) in [5.41, 5.74) is 3.03. The first-order valence-corrected chi connectivity index (χ1v) is 10.5. The maximum atomic E-state index is 5.99. The fourth-order valence-electron chi connectivity index (χ4n) is 3.39. The van der Waals surface area contributed by atoms with Crippen LogP contribution in [0.2, 0.25) is 0 Å². The third kappa shape index (κ3) is 5.37. The van der Waals surface area contributed by atoms with Crippen LogP contribution >= 0.6 is 0 Å². The lowest BCUT2D eigenvalue weighted by molar-refractivity contribution is 0.0320. The molecular formula is C23H28N4O3. The average Bonchev–Trinajstić information content (AvgIpc) is 3.28. The van der Waals surface area contributed by atoms with Crippen LogP contribution in [-0.2, 0) is 17.8 Å². The molecule has 4 rings (SSSR count). The predicted octanol–water partition coefficient (Wildman–Crippen LogP) is 3.12. The molecule has 3 heterocycles. The van der Waals surface area contributed by atoms with Crippen molar-refractivity contribution in [1.29, 1.82) is 0 Å². The van der Waals surface area contributed by atoms with E-state index in [2.05, 4.69) is 28.0 Å². The number of hydrogen-bond donors (Lipinski definition) is 0. The van der Waals surface area contributed by atoms with Gasteiger partial charge in [0.2, 0.25) is 5.88 Å². The smallest absolute Gasteiger partial charge is 0.233 e. The molecular weight excluding hydrogens is 380 g/mol. The van der Waals surface area contributed by atoms with Gasteiger partial charge in [-0.1, -0.05) is 13.0 Å². The van der Waals surface area contributed by atoms with Crippen molar-refractivity contribution in [2.45, 2.75) is 20.0 Å². The van der Waals surface area contributed by atoms with E-state index >= 15 is 0 Å². The topological polar surface area (TPSA) is 61.6 Å². The number of rotatable bonds is 9. The molecule has 0 spiro atoms. The molecule has 30 heavy (non-hydrogen) atoms. The zero-order chi connectivity index (χ0) is 20.6. The standard InChI is InChI=1S/C23H28N4O3/c1-2-19-17-21(6-7-22(19)30-18-20-5-3-4-9-24-20)27-10-8-23(25-27)29-16-13-26-11-14-28-15-12-26/h3-10,17H,2,11-16,18H2,1H3. The van der Waals surface area contributed by atoms with E-state index in [0.29, 0.717) is 19.1 Å². The Bertz CT molecular complexity index is 923. The highest BCUT2D eigenvalue weighted by atomic mass is 16.5. The summed E-state index contributed by atoms with van der Waals surface area (Å²) in [6.07, 6.45) is 4.57. The summed E-state index contributed by atoms with van der Waals surface area (Å²) in [5.74, 6) is 1.51. The van der Waals surface area contributed by atoms with E-state index in [1.165, 1.54) is 0 Å². The first-order valence-electron chi connectivity index (χ1n) is 10.5.